The van der Waals surface area contributed by atoms with Crippen molar-refractivity contribution in [1.82, 2.24) is 5.32 Å². The molecule has 19 heavy (non-hydrogen) atoms. The Morgan fingerprint density at radius 2 is 1.95 bits per heavy atom. The zero-order valence-corrected chi connectivity index (χ0v) is 11.3. The zero-order chi connectivity index (χ0) is 13.7. The lowest BCUT2D eigenvalue weighted by Gasteiger charge is -2.25. The summed E-state index contributed by atoms with van der Waals surface area (Å²) in [5.41, 5.74) is 0.611. The van der Waals surface area contributed by atoms with Crippen molar-refractivity contribution >= 4 is 0 Å². The molecule has 1 aromatic carbocycles. The number of rotatable bonds is 7. The number of hydrogen-bond donors (Lipinski definition) is 1. The van der Waals surface area contributed by atoms with Crippen LogP contribution in [0.2, 0.25) is 0 Å². The van der Waals surface area contributed by atoms with Crippen LogP contribution in [-0.4, -0.2) is 13.2 Å². The van der Waals surface area contributed by atoms with Gasteiger partial charge in [-0.25, -0.2) is 8.78 Å². The predicted octanol–water partition coefficient (Wildman–Crippen LogP) is 3.64. The average Bonchev–Trinajstić information content (AvgIpc) is 2.31. The van der Waals surface area contributed by atoms with Gasteiger partial charge >= 0.3 is 0 Å². The van der Waals surface area contributed by atoms with Crippen LogP contribution in [0, 0.1) is 17.6 Å². The number of benzene rings is 1. The fourth-order valence-corrected chi connectivity index (χ4v) is 2.12. The van der Waals surface area contributed by atoms with E-state index in [2.05, 4.69) is 5.32 Å². The van der Waals surface area contributed by atoms with E-state index in [-0.39, 0.29) is 5.75 Å². The van der Waals surface area contributed by atoms with E-state index in [0.29, 0.717) is 24.6 Å². The van der Waals surface area contributed by atoms with Crippen LogP contribution >= 0.6 is 0 Å². The third kappa shape index (κ3) is 3.90. The first-order chi connectivity index (χ1) is 9.20. The molecule has 0 radical (unpaired) electrons. The highest BCUT2D eigenvalue weighted by Gasteiger charge is 2.20. The van der Waals surface area contributed by atoms with E-state index in [0.717, 1.165) is 25.8 Å². The Balaban J connectivity index is 1.95. The largest absolute Gasteiger partial charge is 0.487 e. The quantitative estimate of drug-likeness (QED) is 0.763. The summed E-state index contributed by atoms with van der Waals surface area (Å²) in [6, 6.07) is 2.70. The molecule has 0 amide bonds. The molecule has 2 nitrogen and oxygen atoms in total. The Bertz CT molecular complexity index is 396. The molecule has 2 rings (SSSR count). The molecular weight excluding hydrogens is 248 g/mol. The second-order valence-corrected chi connectivity index (χ2v) is 5.17. The summed E-state index contributed by atoms with van der Waals surface area (Å²) < 4.78 is 32.9. The minimum absolute atomic E-state index is 0.230. The van der Waals surface area contributed by atoms with Crippen LogP contribution in [0.15, 0.2) is 12.1 Å². The predicted molar refractivity (Wildman–Crippen MR) is 71.2 cm³/mol. The molecule has 0 atom stereocenters. The van der Waals surface area contributed by atoms with Crippen molar-refractivity contribution in [3.8, 4) is 5.75 Å². The highest BCUT2D eigenvalue weighted by Crippen LogP contribution is 2.29. The third-order valence-electron chi connectivity index (χ3n) is 3.50. The maximum atomic E-state index is 13.8. The zero-order valence-electron chi connectivity index (χ0n) is 11.3. The van der Waals surface area contributed by atoms with Crippen LogP contribution < -0.4 is 10.1 Å². The van der Waals surface area contributed by atoms with E-state index < -0.39 is 11.6 Å². The Kier molecular flexibility index (Phi) is 5.14. The van der Waals surface area contributed by atoms with Gasteiger partial charge in [0.15, 0.2) is 17.4 Å². The van der Waals surface area contributed by atoms with E-state index in [4.69, 9.17) is 4.74 Å². The maximum absolute atomic E-state index is 13.8. The van der Waals surface area contributed by atoms with Crippen molar-refractivity contribution in [2.45, 2.75) is 39.2 Å². The Labute approximate surface area is 113 Å². The SMILES string of the molecule is CCCNCc1cc(F)c(OCC2CCC2)c(F)c1. The summed E-state index contributed by atoms with van der Waals surface area (Å²) in [5.74, 6) is -0.976. The highest BCUT2D eigenvalue weighted by atomic mass is 19.1. The lowest BCUT2D eigenvalue weighted by molar-refractivity contribution is 0.170. The van der Waals surface area contributed by atoms with Gasteiger partial charge in [-0.05, 0) is 49.4 Å². The van der Waals surface area contributed by atoms with Crippen LogP contribution in [0.4, 0.5) is 8.78 Å². The molecule has 106 valence electrons. The third-order valence-corrected chi connectivity index (χ3v) is 3.50. The molecule has 0 bridgehead atoms. The van der Waals surface area contributed by atoms with Gasteiger partial charge in [-0.1, -0.05) is 13.3 Å². The molecule has 1 N–H and O–H groups in total. The first-order valence-corrected chi connectivity index (χ1v) is 7.02. The molecule has 0 aliphatic heterocycles. The van der Waals surface area contributed by atoms with Crippen molar-refractivity contribution in [1.29, 1.82) is 0 Å². The van der Waals surface area contributed by atoms with Gasteiger partial charge in [0.1, 0.15) is 0 Å². The molecule has 1 saturated carbocycles. The lowest BCUT2D eigenvalue weighted by Crippen LogP contribution is -2.20. The van der Waals surface area contributed by atoms with Crippen LogP contribution in [0.25, 0.3) is 0 Å². The van der Waals surface area contributed by atoms with Gasteiger partial charge in [-0.2, -0.15) is 0 Å². The molecule has 0 aromatic heterocycles. The molecule has 0 unspecified atom stereocenters. The van der Waals surface area contributed by atoms with Gasteiger partial charge < -0.3 is 10.1 Å². The minimum atomic E-state index is -0.604. The van der Waals surface area contributed by atoms with Crippen LogP contribution in [0.5, 0.6) is 5.75 Å². The molecular formula is C15H21F2NO. The summed E-state index contributed by atoms with van der Waals surface area (Å²) in [6.45, 7) is 3.78. The second kappa shape index (κ2) is 6.85. The van der Waals surface area contributed by atoms with E-state index in [1.54, 1.807) is 0 Å². The highest BCUT2D eigenvalue weighted by molar-refractivity contribution is 5.31. The first-order valence-electron chi connectivity index (χ1n) is 7.02. The molecule has 0 heterocycles. The summed E-state index contributed by atoms with van der Waals surface area (Å²) in [7, 11) is 0. The van der Waals surface area contributed by atoms with E-state index >= 15 is 0 Å². The van der Waals surface area contributed by atoms with Crippen molar-refractivity contribution in [2.75, 3.05) is 13.2 Å². The van der Waals surface area contributed by atoms with Gasteiger partial charge in [-0.15, -0.1) is 0 Å². The number of hydrogen-bond acceptors (Lipinski definition) is 2. The van der Waals surface area contributed by atoms with Crippen molar-refractivity contribution < 1.29 is 13.5 Å². The number of halogens is 2. The van der Waals surface area contributed by atoms with Crippen LogP contribution in [-0.2, 0) is 6.54 Å². The topological polar surface area (TPSA) is 21.3 Å². The number of ether oxygens (including phenoxy) is 1. The van der Waals surface area contributed by atoms with Gasteiger partial charge in [0.05, 0.1) is 6.61 Å². The van der Waals surface area contributed by atoms with Crippen molar-refractivity contribution in [3.63, 3.8) is 0 Å². The summed E-state index contributed by atoms with van der Waals surface area (Å²) in [5, 5.41) is 3.12. The fourth-order valence-electron chi connectivity index (χ4n) is 2.12. The fraction of sp³-hybridized carbons (Fsp3) is 0.600. The monoisotopic (exact) mass is 269 g/mol. The van der Waals surface area contributed by atoms with E-state index in [9.17, 15) is 8.78 Å². The van der Waals surface area contributed by atoms with Gasteiger partial charge in [-0.3, -0.25) is 0 Å². The first kappa shape index (κ1) is 14.3. The van der Waals surface area contributed by atoms with Gasteiger partial charge in [0.25, 0.3) is 0 Å². The summed E-state index contributed by atoms with van der Waals surface area (Å²) in [4.78, 5) is 0. The van der Waals surface area contributed by atoms with Crippen LogP contribution in [0.1, 0.15) is 38.2 Å². The molecule has 0 saturated heterocycles. The standard InChI is InChI=1S/C15H21F2NO/c1-2-6-18-9-12-7-13(16)15(14(17)8-12)19-10-11-4-3-5-11/h7-8,11,18H,2-6,9-10H2,1H3. The van der Waals surface area contributed by atoms with Crippen molar-refractivity contribution in [3.05, 3.63) is 29.3 Å². The second-order valence-electron chi connectivity index (χ2n) is 5.17. The lowest BCUT2D eigenvalue weighted by atomic mass is 9.86. The smallest absolute Gasteiger partial charge is 0.190 e. The summed E-state index contributed by atoms with van der Waals surface area (Å²) in [6.07, 6.45) is 4.39. The Morgan fingerprint density at radius 1 is 1.26 bits per heavy atom. The minimum Gasteiger partial charge on any atom is -0.487 e. The van der Waals surface area contributed by atoms with E-state index in [1.807, 2.05) is 6.92 Å². The maximum Gasteiger partial charge on any atom is 0.190 e. The molecule has 1 aliphatic rings. The molecule has 0 spiro atoms. The molecule has 4 heteroatoms. The Morgan fingerprint density at radius 3 is 2.47 bits per heavy atom. The summed E-state index contributed by atoms with van der Waals surface area (Å²) >= 11 is 0. The molecule has 1 fully saturated rings. The number of nitrogens with one attached hydrogen (secondary N) is 1. The van der Waals surface area contributed by atoms with Crippen LogP contribution in [0.3, 0.4) is 0 Å². The van der Waals surface area contributed by atoms with Gasteiger partial charge in [0.2, 0.25) is 0 Å². The average molecular weight is 269 g/mol. The normalized spacial score (nSPS) is 15.3. The van der Waals surface area contributed by atoms with E-state index in [1.165, 1.54) is 18.6 Å². The van der Waals surface area contributed by atoms with Crippen molar-refractivity contribution in [2.24, 2.45) is 5.92 Å². The van der Waals surface area contributed by atoms with Gasteiger partial charge in [0, 0.05) is 6.54 Å². The molecule has 1 aliphatic carbocycles. The Hall–Kier alpha value is -1.16. The molecule has 1 aromatic rings.